The first kappa shape index (κ1) is 11.8. The number of rotatable bonds is 2. The van der Waals surface area contributed by atoms with E-state index in [1.165, 1.54) is 32.1 Å². The second-order valence-corrected chi connectivity index (χ2v) is 4.86. The van der Waals surface area contributed by atoms with E-state index in [0.717, 1.165) is 12.8 Å². The lowest BCUT2D eigenvalue weighted by Gasteiger charge is -2.21. The van der Waals surface area contributed by atoms with Crippen LogP contribution < -0.4 is 0 Å². The summed E-state index contributed by atoms with van der Waals surface area (Å²) in [6.45, 7) is -0.0381. The van der Waals surface area contributed by atoms with E-state index < -0.39 is 0 Å². The first-order valence-electron chi connectivity index (χ1n) is 6.09. The highest BCUT2D eigenvalue weighted by atomic mass is 32.1. The molecule has 90 valence electrons. The van der Waals surface area contributed by atoms with Crippen LogP contribution in [0.4, 0.5) is 0 Å². The summed E-state index contributed by atoms with van der Waals surface area (Å²) in [6.07, 6.45) is 8.80. The summed E-state index contributed by atoms with van der Waals surface area (Å²) in [5.74, 6) is 0.676. The van der Waals surface area contributed by atoms with Gasteiger partial charge in [-0.3, -0.25) is 9.67 Å². The van der Waals surface area contributed by atoms with Crippen LogP contribution in [0.25, 0.3) is 0 Å². The summed E-state index contributed by atoms with van der Waals surface area (Å²) < 4.78 is 2.66. The molecule has 1 saturated carbocycles. The van der Waals surface area contributed by atoms with Gasteiger partial charge in [0, 0.05) is 6.04 Å². The molecular weight excluding hydrogens is 222 g/mol. The second-order valence-electron chi connectivity index (χ2n) is 4.47. The fourth-order valence-corrected chi connectivity index (χ4v) is 2.82. The number of H-pyrrole nitrogens is 1. The van der Waals surface area contributed by atoms with Gasteiger partial charge in [-0.1, -0.05) is 32.1 Å². The number of hydrogen-bond donors (Lipinski definition) is 2. The van der Waals surface area contributed by atoms with Gasteiger partial charge in [-0.15, -0.1) is 0 Å². The molecule has 4 nitrogen and oxygen atoms in total. The molecule has 5 heteroatoms. The molecule has 0 atom stereocenters. The molecular formula is C11H19N3OS. The van der Waals surface area contributed by atoms with Gasteiger partial charge >= 0.3 is 0 Å². The Morgan fingerprint density at radius 3 is 2.50 bits per heavy atom. The fourth-order valence-electron chi connectivity index (χ4n) is 2.52. The molecule has 1 aromatic heterocycles. The normalized spacial score (nSPS) is 19.3. The Balaban J connectivity index is 2.19. The van der Waals surface area contributed by atoms with Gasteiger partial charge in [-0.25, -0.2) is 0 Å². The minimum atomic E-state index is -0.0381. The average Bonchev–Trinajstić information content (AvgIpc) is 2.60. The van der Waals surface area contributed by atoms with Crippen molar-refractivity contribution in [1.29, 1.82) is 0 Å². The fraction of sp³-hybridized carbons (Fsp3) is 0.818. The van der Waals surface area contributed by atoms with Crippen LogP contribution in [0, 0.1) is 4.77 Å². The van der Waals surface area contributed by atoms with E-state index in [4.69, 9.17) is 12.2 Å². The quantitative estimate of drug-likeness (QED) is 0.783. The number of aliphatic hydroxyl groups is 1. The molecule has 1 heterocycles. The molecule has 0 bridgehead atoms. The Kier molecular flexibility index (Phi) is 4.12. The van der Waals surface area contributed by atoms with Crippen molar-refractivity contribution in [2.24, 2.45) is 0 Å². The van der Waals surface area contributed by atoms with Gasteiger partial charge in [0.2, 0.25) is 0 Å². The average molecular weight is 241 g/mol. The predicted octanol–water partition coefficient (Wildman–Crippen LogP) is 2.72. The van der Waals surface area contributed by atoms with Gasteiger partial charge in [0.1, 0.15) is 6.61 Å². The van der Waals surface area contributed by atoms with Crippen molar-refractivity contribution in [1.82, 2.24) is 14.8 Å². The molecule has 0 unspecified atom stereocenters. The van der Waals surface area contributed by atoms with Crippen molar-refractivity contribution in [2.45, 2.75) is 57.6 Å². The van der Waals surface area contributed by atoms with E-state index in [9.17, 15) is 5.11 Å². The second kappa shape index (κ2) is 5.59. The Morgan fingerprint density at radius 1 is 1.25 bits per heavy atom. The molecule has 0 aliphatic heterocycles. The SMILES string of the molecule is OCc1n[nH]c(=S)n1C1CCCCCCC1. The van der Waals surface area contributed by atoms with Crippen molar-refractivity contribution >= 4 is 12.2 Å². The summed E-state index contributed by atoms with van der Waals surface area (Å²) >= 11 is 5.23. The number of nitrogens with zero attached hydrogens (tertiary/aromatic N) is 2. The van der Waals surface area contributed by atoms with Gasteiger partial charge in [-0.05, 0) is 25.1 Å². The molecule has 2 N–H and O–H groups in total. The van der Waals surface area contributed by atoms with E-state index in [2.05, 4.69) is 10.2 Å². The van der Waals surface area contributed by atoms with Crippen molar-refractivity contribution < 1.29 is 5.11 Å². The summed E-state index contributed by atoms with van der Waals surface area (Å²) in [6, 6.07) is 0.425. The highest BCUT2D eigenvalue weighted by Crippen LogP contribution is 2.27. The van der Waals surface area contributed by atoms with E-state index in [-0.39, 0.29) is 6.61 Å². The van der Waals surface area contributed by atoms with Crippen molar-refractivity contribution in [3.63, 3.8) is 0 Å². The molecule has 1 aromatic rings. The highest BCUT2D eigenvalue weighted by Gasteiger charge is 2.17. The number of aromatic nitrogens is 3. The molecule has 1 aliphatic carbocycles. The Bertz CT molecular complexity index is 377. The standard InChI is InChI=1S/C11H19N3OS/c15-8-10-12-13-11(16)14(10)9-6-4-2-1-3-5-7-9/h9,15H,1-8H2,(H,13,16). The van der Waals surface area contributed by atoms with Crippen LogP contribution in [0.3, 0.4) is 0 Å². The van der Waals surface area contributed by atoms with Crippen molar-refractivity contribution in [3.8, 4) is 0 Å². The van der Waals surface area contributed by atoms with E-state index in [0.29, 0.717) is 16.6 Å². The molecule has 0 radical (unpaired) electrons. The predicted molar refractivity (Wildman–Crippen MR) is 64.7 cm³/mol. The first-order chi connectivity index (χ1) is 7.83. The zero-order valence-electron chi connectivity index (χ0n) is 9.48. The van der Waals surface area contributed by atoms with E-state index in [1.807, 2.05) is 4.57 Å². The van der Waals surface area contributed by atoms with Crippen LogP contribution in [-0.4, -0.2) is 19.9 Å². The first-order valence-corrected chi connectivity index (χ1v) is 6.50. The lowest BCUT2D eigenvalue weighted by atomic mass is 9.96. The monoisotopic (exact) mass is 241 g/mol. The molecule has 16 heavy (non-hydrogen) atoms. The largest absolute Gasteiger partial charge is 0.388 e. The van der Waals surface area contributed by atoms with E-state index in [1.54, 1.807) is 0 Å². The lowest BCUT2D eigenvalue weighted by molar-refractivity contribution is 0.253. The minimum absolute atomic E-state index is 0.0381. The molecule has 1 fully saturated rings. The maximum absolute atomic E-state index is 9.24. The maximum Gasteiger partial charge on any atom is 0.195 e. The summed E-state index contributed by atoms with van der Waals surface area (Å²) in [4.78, 5) is 0. The summed E-state index contributed by atoms with van der Waals surface area (Å²) in [5.41, 5.74) is 0. The summed E-state index contributed by atoms with van der Waals surface area (Å²) in [5, 5.41) is 16.1. The summed E-state index contributed by atoms with van der Waals surface area (Å²) in [7, 11) is 0. The lowest BCUT2D eigenvalue weighted by Crippen LogP contribution is -2.14. The third-order valence-corrected chi connectivity index (χ3v) is 3.65. The number of hydrogen-bond acceptors (Lipinski definition) is 3. The van der Waals surface area contributed by atoms with Crippen LogP contribution in [0.1, 0.15) is 56.8 Å². The molecule has 0 spiro atoms. The Labute approximate surface area is 101 Å². The van der Waals surface area contributed by atoms with Crippen LogP contribution in [0.2, 0.25) is 0 Å². The van der Waals surface area contributed by atoms with E-state index >= 15 is 0 Å². The third kappa shape index (κ3) is 2.52. The van der Waals surface area contributed by atoms with Gasteiger partial charge in [-0.2, -0.15) is 5.10 Å². The Morgan fingerprint density at radius 2 is 1.88 bits per heavy atom. The number of aliphatic hydroxyl groups excluding tert-OH is 1. The maximum atomic E-state index is 9.24. The highest BCUT2D eigenvalue weighted by molar-refractivity contribution is 7.71. The molecule has 0 amide bonds. The van der Waals surface area contributed by atoms with Gasteiger partial charge in [0.05, 0.1) is 0 Å². The van der Waals surface area contributed by atoms with Crippen LogP contribution in [-0.2, 0) is 6.61 Å². The van der Waals surface area contributed by atoms with Crippen molar-refractivity contribution in [3.05, 3.63) is 10.6 Å². The van der Waals surface area contributed by atoms with Crippen LogP contribution >= 0.6 is 12.2 Å². The number of aromatic amines is 1. The third-order valence-electron chi connectivity index (χ3n) is 3.36. The molecule has 1 aliphatic rings. The smallest absolute Gasteiger partial charge is 0.195 e. The van der Waals surface area contributed by atoms with Crippen LogP contribution in [0.5, 0.6) is 0 Å². The van der Waals surface area contributed by atoms with Gasteiger partial charge in [0.15, 0.2) is 10.6 Å². The van der Waals surface area contributed by atoms with Gasteiger partial charge in [0.25, 0.3) is 0 Å². The number of nitrogens with one attached hydrogen (secondary N) is 1. The zero-order chi connectivity index (χ0) is 11.4. The van der Waals surface area contributed by atoms with Crippen molar-refractivity contribution in [2.75, 3.05) is 0 Å². The molecule has 2 rings (SSSR count). The Hall–Kier alpha value is -0.680. The molecule has 0 aromatic carbocycles. The zero-order valence-corrected chi connectivity index (χ0v) is 10.3. The minimum Gasteiger partial charge on any atom is -0.388 e. The van der Waals surface area contributed by atoms with Crippen LogP contribution in [0.15, 0.2) is 0 Å². The molecule has 0 saturated heterocycles. The topological polar surface area (TPSA) is 53.8 Å². The van der Waals surface area contributed by atoms with Gasteiger partial charge < -0.3 is 5.11 Å².